The number of ether oxygens (including phenoxy) is 1. The number of nitrogens with zero attached hydrogens (tertiary/aromatic N) is 1. The topological polar surface area (TPSA) is 41.6 Å². The Kier molecular flexibility index (Phi) is 4.47. The molecule has 4 heteroatoms. The van der Waals surface area contributed by atoms with Gasteiger partial charge in [0, 0.05) is 5.69 Å². The zero-order valence-corrected chi connectivity index (χ0v) is 14.7. The van der Waals surface area contributed by atoms with Crippen LogP contribution in [0.2, 0.25) is 0 Å². The highest BCUT2D eigenvalue weighted by atomic mass is 16.5. The molecule has 126 valence electrons. The number of hydrogen-bond acceptors (Lipinski definition) is 2. The lowest BCUT2D eigenvalue weighted by atomic mass is 10.1. The molecule has 1 atom stereocenters. The minimum atomic E-state index is -0.114. The Bertz CT molecular complexity index is 770. The molecule has 2 aromatic rings. The van der Waals surface area contributed by atoms with Crippen LogP contribution in [0.5, 0.6) is 5.75 Å². The lowest BCUT2D eigenvalue weighted by molar-refractivity contribution is 0.188. The molecule has 1 aliphatic heterocycles. The number of carbonyl (C=O) groups excluding carboxylic acids is 1. The minimum absolute atomic E-state index is 0.0181. The SMILES string of the molecule is CC[C@@H]1CN(C(=O)Nc2cccc(C)c2C)c2cc(C)ccc2O1. The van der Waals surface area contributed by atoms with Crippen molar-refractivity contribution in [1.82, 2.24) is 0 Å². The van der Waals surface area contributed by atoms with Crippen LogP contribution in [0.1, 0.15) is 30.0 Å². The van der Waals surface area contributed by atoms with E-state index in [-0.39, 0.29) is 12.1 Å². The third-order valence-electron chi connectivity index (χ3n) is 4.63. The standard InChI is InChI=1S/C20H24N2O2/c1-5-16-12-22(18-11-13(2)9-10-19(18)24-16)20(23)21-17-8-6-7-14(3)15(17)4/h6-11,16H,5,12H2,1-4H3,(H,21,23)/t16-/m1/s1. The molecule has 2 aromatic carbocycles. The summed E-state index contributed by atoms with van der Waals surface area (Å²) in [7, 11) is 0. The van der Waals surface area contributed by atoms with Gasteiger partial charge in [0.2, 0.25) is 0 Å². The number of carbonyl (C=O) groups is 1. The monoisotopic (exact) mass is 324 g/mol. The molecule has 0 aliphatic carbocycles. The Hall–Kier alpha value is -2.49. The molecule has 0 fully saturated rings. The maximum absolute atomic E-state index is 12.9. The fraction of sp³-hybridized carbons (Fsp3) is 0.350. The lowest BCUT2D eigenvalue weighted by Crippen LogP contribution is -2.45. The second-order valence-corrected chi connectivity index (χ2v) is 6.41. The zero-order valence-electron chi connectivity index (χ0n) is 14.7. The molecule has 0 aromatic heterocycles. The van der Waals surface area contributed by atoms with Gasteiger partial charge in [-0.2, -0.15) is 0 Å². The molecule has 0 saturated heterocycles. The number of benzene rings is 2. The van der Waals surface area contributed by atoms with Crippen molar-refractivity contribution in [3.63, 3.8) is 0 Å². The van der Waals surface area contributed by atoms with Crippen molar-refractivity contribution in [3.8, 4) is 5.75 Å². The van der Waals surface area contributed by atoms with Crippen molar-refractivity contribution in [3.05, 3.63) is 53.1 Å². The highest BCUT2D eigenvalue weighted by molar-refractivity contribution is 6.03. The second-order valence-electron chi connectivity index (χ2n) is 6.41. The number of nitrogens with one attached hydrogen (secondary N) is 1. The van der Waals surface area contributed by atoms with Crippen LogP contribution in [-0.2, 0) is 0 Å². The van der Waals surface area contributed by atoms with Gasteiger partial charge in [-0.25, -0.2) is 4.79 Å². The van der Waals surface area contributed by atoms with Crippen LogP contribution in [0.4, 0.5) is 16.2 Å². The molecule has 4 nitrogen and oxygen atoms in total. The average molecular weight is 324 g/mol. The quantitative estimate of drug-likeness (QED) is 0.860. The number of urea groups is 1. The van der Waals surface area contributed by atoms with E-state index in [0.29, 0.717) is 6.54 Å². The van der Waals surface area contributed by atoms with E-state index in [1.54, 1.807) is 4.90 Å². The summed E-state index contributed by atoms with van der Waals surface area (Å²) in [4.78, 5) is 14.7. The molecule has 0 unspecified atom stereocenters. The average Bonchev–Trinajstić information content (AvgIpc) is 2.58. The number of hydrogen-bond donors (Lipinski definition) is 1. The summed E-state index contributed by atoms with van der Waals surface area (Å²) in [5.41, 5.74) is 5.06. The highest BCUT2D eigenvalue weighted by Crippen LogP contribution is 2.35. The van der Waals surface area contributed by atoms with Gasteiger partial charge in [0.1, 0.15) is 11.9 Å². The van der Waals surface area contributed by atoms with Gasteiger partial charge in [-0.15, -0.1) is 0 Å². The number of rotatable bonds is 2. The van der Waals surface area contributed by atoms with Gasteiger partial charge in [-0.3, -0.25) is 4.90 Å². The first-order valence-electron chi connectivity index (χ1n) is 8.41. The van der Waals surface area contributed by atoms with Gasteiger partial charge in [0.15, 0.2) is 0 Å². The van der Waals surface area contributed by atoms with E-state index >= 15 is 0 Å². The molecule has 3 rings (SSSR count). The van der Waals surface area contributed by atoms with Crippen molar-refractivity contribution in [2.45, 2.75) is 40.2 Å². The Morgan fingerprint density at radius 1 is 1.25 bits per heavy atom. The summed E-state index contributed by atoms with van der Waals surface area (Å²) < 4.78 is 5.99. The van der Waals surface area contributed by atoms with Crippen LogP contribution in [0, 0.1) is 20.8 Å². The predicted molar refractivity (Wildman–Crippen MR) is 98.2 cm³/mol. The van der Waals surface area contributed by atoms with Crippen LogP contribution in [-0.4, -0.2) is 18.7 Å². The van der Waals surface area contributed by atoms with Gasteiger partial charge in [0.05, 0.1) is 12.2 Å². The summed E-state index contributed by atoms with van der Waals surface area (Å²) in [6.07, 6.45) is 0.880. The fourth-order valence-corrected chi connectivity index (χ4v) is 2.93. The summed E-state index contributed by atoms with van der Waals surface area (Å²) in [5.74, 6) is 0.773. The third kappa shape index (κ3) is 3.09. The van der Waals surface area contributed by atoms with Gasteiger partial charge in [-0.05, 0) is 62.1 Å². The highest BCUT2D eigenvalue weighted by Gasteiger charge is 2.29. The maximum Gasteiger partial charge on any atom is 0.326 e. The molecule has 1 N–H and O–H groups in total. The van der Waals surface area contributed by atoms with E-state index in [1.165, 1.54) is 0 Å². The first-order chi connectivity index (χ1) is 11.5. The zero-order chi connectivity index (χ0) is 17.3. The van der Waals surface area contributed by atoms with E-state index in [0.717, 1.165) is 40.2 Å². The first kappa shape index (κ1) is 16.4. The van der Waals surface area contributed by atoms with E-state index < -0.39 is 0 Å². The van der Waals surface area contributed by atoms with Crippen LogP contribution in [0.25, 0.3) is 0 Å². The van der Waals surface area contributed by atoms with Crippen LogP contribution in [0.3, 0.4) is 0 Å². The van der Waals surface area contributed by atoms with Crippen molar-refractivity contribution in [2.24, 2.45) is 0 Å². The number of fused-ring (bicyclic) bond motifs is 1. The Morgan fingerprint density at radius 2 is 2.04 bits per heavy atom. The van der Waals surface area contributed by atoms with Crippen molar-refractivity contribution in [2.75, 3.05) is 16.8 Å². The van der Waals surface area contributed by atoms with E-state index in [4.69, 9.17) is 4.74 Å². The normalized spacial score (nSPS) is 16.3. The number of amides is 2. The fourth-order valence-electron chi connectivity index (χ4n) is 2.93. The van der Waals surface area contributed by atoms with Crippen molar-refractivity contribution in [1.29, 1.82) is 0 Å². The summed E-state index contributed by atoms with van der Waals surface area (Å²) in [5, 5.41) is 3.06. The number of aryl methyl sites for hydroxylation is 2. The molecular weight excluding hydrogens is 300 g/mol. The van der Waals surface area contributed by atoms with Gasteiger partial charge < -0.3 is 10.1 Å². The molecule has 0 radical (unpaired) electrons. The molecule has 0 bridgehead atoms. The second kappa shape index (κ2) is 6.56. The first-order valence-corrected chi connectivity index (χ1v) is 8.41. The van der Waals surface area contributed by atoms with Gasteiger partial charge in [-0.1, -0.05) is 25.1 Å². The molecular formula is C20H24N2O2. The Labute approximate surface area is 143 Å². The van der Waals surface area contributed by atoms with E-state index in [9.17, 15) is 4.79 Å². The summed E-state index contributed by atoms with van der Waals surface area (Å²) in [6.45, 7) is 8.73. The largest absolute Gasteiger partial charge is 0.486 e. The summed E-state index contributed by atoms with van der Waals surface area (Å²) in [6, 6.07) is 11.8. The molecule has 2 amide bonds. The van der Waals surface area contributed by atoms with Crippen LogP contribution in [0.15, 0.2) is 36.4 Å². The van der Waals surface area contributed by atoms with Crippen molar-refractivity contribution < 1.29 is 9.53 Å². The lowest BCUT2D eigenvalue weighted by Gasteiger charge is -2.35. The molecule has 1 aliphatic rings. The Balaban J connectivity index is 1.91. The molecule has 0 spiro atoms. The number of anilines is 2. The van der Waals surface area contributed by atoms with Gasteiger partial charge >= 0.3 is 6.03 Å². The van der Waals surface area contributed by atoms with Crippen LogP contribution < -0.4 is 15.0 Å². The smallest absolute Gasteiger partial charge is 0.326 e. The molecule has 24 heavy (non-hydrogen) atoms. The van der Waals surface area contributed by atoms with E-state index in [1.807, 2.05) is 57.2 Å². The van der Waals surface area contributed by atoms with Crippen molar-refractivity contribution >= 4 is 17.4 Å². The van der Waals surface area contributed by atoms with Gasteiger partial charge in [0.25, 0.3) is 0 Å². The minimum Gasteiger partial charge on any atom is -0.486 e. The predicted octanol–water partition coefficient (Wildman–Crippen LogP) is 4.82. The summed E-state index contributed by atoms with van der Waals surface area (Å²) >= 11 is 0. The maximum atomic E-state index is 12.9. The molecule has 0 saturated carbocycles. The van der Waals surface area contributed by atoms with Crippen LogP contribution >= 0.6 is 0 Å². The third-order valence-corrected chi connectivity index (χ3v) is 4.63. The van der Waals surface area contributed by atoms with E-state index in [2.05, 4.69) is 12.2 Å². The Morgan fingerprint density at radius 3 is 2.79 bits per heavy atom. The molecule has 1 heterocycles.